The monoisotopic (exact) mass is 284 g/mol. The summed E-state index contributed by atoms with van der Waals surface area (Å²) in [6.07, 6.45) is 3.69. The fourth-order valence-corrected chi connectivity index (χ4v) is 2.63. The first kappa shape index (κ1) is 13.9. The van der Waals surface area contributed by atoms with Crippen LogP contribution in [0.2, 0.25) is 0 Å². The van der Waals surface area contributed by atoms with Crippen LogP contribution in [0.4, 0.5) is 0 Å². The van der Waals surface area contributed by atoms with Crippen LogP contribution < -0.4 is 14.8 Å². The number of likely N-dealkylation sites (N-methyl/N-ethyl adjacent to an activating group) is 1. The molecule has 0 saturated heterocycles. The Morgan fingerprint density at radius 3 is 2.86 bits per heavy atom. The van der Waals surface area contributed by atoms with Crippen LogP contribution in [0.15, 0.2) is 42.7 Å². The Hall–Kier alpha value is -2.07. The number of hydrogen-bond acceptors (Lipinski definition) is 4. The highest BCUT2D eigenvalue weighted by atomic mass is 16.6. The van der Waals surface area contributed by atoms with Gasteiger partial charge in [-0.05, 0) is 36.7 Å². The highest BCUT2D eigenvalue weighted by Crippen LogP contribution is 2.34. The maximum atomic E-state index is 6.13. The van der Waals surface area contributed by atoms with E-state index in [-0.39, 0.29) is 12.1 Å². The van der Waals surface area contributed by atoms with Crippen molar-refractivity contribution in [1.82, 2.24) is 10.3 Å². The van der Waals surface area contributed by atoms with E-state index in [0.29, 0.717) is 6.61 Å². The lowest BCUT2D eigenvalue weighted by molar-refractivity contribution is 0.0620. The second kappa shape index (κ2) is 6.14. The molecule has 1 aromatic carbocycles. The number of ether oxygens (including phenoxy) is 2. The molecule has 2 unspecified atom stereocenters. The van der Waals surface area contributed by atoms with Crippen LogP contribution in [0.25, 0.3) is 0 Å². The zero-order valence-corrected chi connectivity index (χ0v) is 12.4. The third-order valence-corrected chi connectivity index (χ3v) is 3.58. The summed E-state index contributed by atoms with van der Waals surface area (Å²) in [4.78, 5) is 4.29. The van der Waals surface area contributed by atoms with E-state index in [1.165, 1.54) is 0 Å². The second-order valence-corrected chi connectivity index (χ2v) is 5.25. The average Bonchev–Trinajstić information content (AvgIpc) is 2.52. The molecular formula is C17H20N2O2. The zero-order valence-electron chi connectivity index (χ0n) is 12.4. The van der Waals surface area contributed by atoms with Gasteiger partial charge in [0, 0.05) is 12.4 Å². The van der Waals surface area contributed by atoms with E-state index in [9.17, 15) is 0 Å². The Kier molecular flexibility index (Phi) is 4.06. The fraction of sp³-hybridized carbons (Fsp3) is 0.353. The van der Waals surface area contributed by atoms with Gasteiger partial charge in [0.05, 0.1) is 6.04 Å². The van der Waals surface area contributed by atoms with E-state index in [1.807, 2.05) is 43.6 Å². The van der Waals surface area contributed by atoms with Gasteiger partial charge in [0.2, 0.25) is 0 Å². The van der Waals surface area contributed by atoms with E-state index in [4.69, 9.17) is 9.47 Å². The number of rotatable bonds is 4. The van der Waals surface area contributed by atoms with Gasteiger partial charge in [0.1, 0.15) is 6.61 Å². The van der Waals surface area contributed by atoms with Gasteiger partial charge in [-0.25, -0.2) is 0 Å². The molecule has 0 spiro atoms. The van der Waals surface area contributed by atoms with Crippen LogP contribution in [0.3, 0.4) is 0 Å². The SMILES string of the molecule is CCNC(c1cncc(C)c1)C1COc2ccccc2O1. The van der Waals surface area contributed by atoms with Gasteiger partial charge >= 0.3 is 0 Å². The predicted molar refractivity (Wildman–Crippen MR) is 81.7 cm³/mol. The molecule has 0 radical (unpaired) electrons. The largest absolute Gasteiger partial charge is 0.486 e. The number of aromatic nitrogens is 1. The van der Waals surface area contributed by atoms with Crippen molar-refractivity contribution in [2.45, 2.75) is 26.0 Å². The van der Waals surface area contributed by atoms with Crippen molar-refractivity contribution in [3.05, 3.63) is 53.9 Å². The van der Waals surface area contributed by atoms with Crippen LogP contribution in [0.1, 0.15) is 24.1 Å². The Bertz CT molecular complexity index is 615. The summed E-state index contributed by atoms with van der Waals surface area (Å²) < 4.78 is 12.0. The van der Waals surface area contributed by atoms with Crippen LogP contribution in [0.5, 0.6) is 11.5 Å². The fourth-order valence-electron chi connectivity index (χ4n) is 2.63. The minimum absolute atomic E-state index is 0.0655. The van der Waals surface area contributed by atoms with Crippen molar-refractivity contribution in [2.75, 3.05) is 13.2 Å². The van der Waals surface area contributed by atoms with E-state index >= 15 is 0 Å². The number of hydrogen-bond donors (Lipinski definition) is 1. The lowest BCUT2D eigenvalue weighted by Crippen LogP contribution is -2.41. The van der Waals surface area contributed by atoms with Crippen molar-refractivity contribution in [2.24, 2.45) is 0 Å². The Labute approximate surface area is 125 Å². The molecule has 1 aliphatic rings. The van der Waals surface area contributed by atoms with Crippen LogP contribution in [-0.4, -0.2) is 24.2 Å². The average molecular weight is 284 g/mol. The molecule has 1 aromatic heterocycles. The molecule has 1 aliphatic heterocycles. The van der Waals surface area contributed by atoms with Gasteiger partial charge in [0.25, 0.3) is 0 Å². The van der Waals surface area contributed by atoms with E-state index < -0.39 is 0 Å². The molecule has 0 fully saturated rings. The molecule has 21 heavy (non-hydrogen) atoms. The van der Waals surface area contributed by atoms with Crippen LogP contribution in [-0.2, 0) is 0 Å². The number of nitrogens with one attached hydrogen (secondary N) is 1. The third kappa shape index (κ3) is 3.00. The van der Waals surface area contributed by atoms with Crippen LogP contribution >= 0.6 is 0 Å². The summed E-state index contributed by atoms with van der Waals surface area (Å²) in [6, 6.07) is 10.00. The molecule has 2 atom stereocenters. The van der Waals surface area contributed by atoms with Gasteiger partial charge in [0.15, 0.2) is 17.6 Å². The standard InChI is InChI=1S/C17H20N2O2/c1-3-19-17(13-8-12(2)9-18-10-13)16-11-20-14-6-4-5-7-15(14)21-16/h4-10,16-17,19H,3,11H2,1-2H3. The first-order valence-electron chi connectivity index (χ1n) is 7.31. The minimum Gasteiger partial charge on any atom is -0.486 e. The summed E-state index contributed by atoms with van der Waals surface area (Å²) in [5, 5.41) is 3.48. The summed E-state index contributed by atoms with van der Waals surface area (Å²) in [5.74, 6) is 1.61. The van der Waals surface area contributed by atoms with Crippen LogP contribution in [0, 0.1) is 6.92 Å². The highest BCUT2D eigenvalue weighted by molar-refractivity contribution is 5.41. The lowest BCUT2D eigenvalue weighted by atomic mass is 10.0. The highest BCUT2D eigenvalue weighted by Gasteiger charge is 2.29. The normalized spacial score (nSPS) is 18.3. The molecule has 0 saturated carbocycles. The Balaban J connectivity index is 1.85. The molecule has 2 heterocycles. The van der Waals surface area contributed by atoms with Crippen molar-refractivity contribution < 1.29 is 9.47 Å². The minimum atomic E-state index is -0.0663. The maximum Gasteiger partial charge on any atom is 0.161 e. The molecule has 0 bridgehead atoms. The molecule has 0 amide bonds. The molecule has 4 nitrogen and oxygen atoms in total. The lowest BCUT2D eigenvalue weighted by Gasteiger charge is -2.32. The van der Waals surface area contributed by atoms with Gasteiger partial charge < -0.3 is 14.8 Å². The molecule has 4 heteroatoms. The maximum absolute atomic E-state index is 6.13. The smallest absolute Gasteiger partial charge is 0.161 e. The van der Waals surface area contributed by atoms with E-state index in [0.717, 1.165) is 29.2 Å². The van der Waals surface area contributed by atoms with Crippen molar-refractivity contribution in [3.63, 3.8) is 0 Å². The molecule has 3 rings (SSSR count). The number of fused-ring (bicyclic) bond motifs is 1. The van der Waals surface area contributed by atoms with Gasteiger partial charge in [-0.15, -0.1) is 0 Å². The zero-order chi connectivity index (χ0) is 14.7. The van der Waals surface area contributed by atoms with Gasteiger partial charge in [-0.3, -0.25) is 4.98 Å². The van der Waals surface area contributed by atoms with Crippen molar-refractivity contribution in [1.29, 1.82) is 0 Å². The van der Waals surface area contributed by atoms with Gasteiger partial charge in [-0.1, -0.05) is 25.1 Å². The molecule has 0 aliphatic carbocycles. The molecule has 1 N–H and O–H groups in total. The molecular weight excluding hydrogens is 264 g/mol. The topological polar surface area (TPSA) is 43.4 Å². The number of nitrogens with zero attached hydrogens (tertiary/aromatic N) is 1. The second-order valence-electron chi connectivity index (χ2n) is 5.25. The predicted octanol–water partition coefficient (Wildman–Crippen LogP) is 2.88. The van der Waals surface area contributed by atoms with E-state index in [1.54, 1.807) is 0 Å². The number of pyridine rings is 1. The summed E-state index contributed by atoms with van der Waals surface area (Å²) in [5.41, 5.74) is 2.28. The molecule has 110 valence electrons. The Morgan fingerprint density at radius 2 is 2.10 bits per heavy atom. The number of para-hydroxylation sites is 2. The molecule has 2 aromatic rings. The van der Waals surface area contributed by atoms with Crippen molar-refractivity contribution >= 4 is 0 Å². The Morgan fingerprint density at radius 1 is 1.29 bits per heavy atom. The van der Waals surface area contributed by atoms with Crippen molar-refractivity contribution in [3.8, 4) is 11.5 Å². The van der Waals surface area contributed by atoms with E-state index in [2.05, 4.69) is 23.3 Å². The summed E-state index contributed by atoms with van der Waals surface area (Å²) >= 11 is 0. The number of aryl methyl sites for hydroxylation is 1. The third-order valence-electron chi connectivity index (χ3n) is 3.58. The van der Waals surface area contributed by atoms with Gasteiger partial charge in [-0.2, -0.15) is 0 Å². The number of benzene rings is 1. The first-order valence-corrected chi connectivity index (χ1v) is 7.31. The first-order chi connectivity index (χ1) is 10.3. The summed E-state index contributed by atoms with van der Waals surface area (Å²) in [7, 11) is 0. The summed E-state index contributed by atoms with van der Waals surface area (Å²) in [6.45, 7) is 5.53. The quantitative estimate of drug-likeness (QED) is 0.937.